The summed E-state index contributed by atoms with van der Waals surface area (Å²) in [5.74, 6) is 18.2. The van der Waals surface area contributed by atoms with Crippen LogP contribution in [-0.4, -0.2) is 200 Å². The van der Waals surface area contributed by atoms with Gasteiger partial charge in [0, 0.05) is 23.0 Å². The summed E-state index contributed by atoms with van der Waals surface area (Å²) < 4.78 is 81.0. The molecule has 2 rings (SSSR count). The van der Waals surface area contributed by atoms with Gasteiger partial charge in [0.2, 0.25) is 0 Å². The number of ether oxygens (including phenoxy) is 4. The van der Waals surface area contributed by atoms with Crippen LogP contribution < -0.4 is 143 Å². The number of carbonyl (C=O) groups excluding carboxylic acids is 1. The van der Waals surface area contributed by atoms with Crippen molar-refractivity contribution in [2.45, 2.75) is 68.6 Å². The van der Waals surface area contributed by atoms with Crippen LogP contribution in [0.5, 0.6) is 0 Å². The summed E-state index contributed by atoms with van der Waals surface area (Å²) in [4.78, 5) is 11.6. The molecule has 0 aliphatic heterocycles. The number of benzene rings is 2. The van der Waals surface area contributed by atoms with Gasteiger partial charge < -0.3 is 30.5 Å². The second-order valence-corrected chi connectivity index (χ2v) is 29.7. The van der Waals surface area contributed by atoms with Gasteiger partial charge in [0.25, 0.3) is 26.7 Å². The number of aryl methyl sites for hydroxylation is 2. The van der Waals surface area contributed by atoms with Crippen molar-refractivity contribution in [3.63, 3.8) is 0 Å². The molecular weight excluding hydrogens is 1470 g/mol. The third kappa shape index (κ3) is 65.6. The second-order valence-electron chi connectivity index (χ2n) is 15.7. The van der Waals surface area contributed by atoms with Crippen LogP contribution in [0.1, 0.15) is 57.5 Å². The summed E-state index contributed by atoms with van der Waals surface area (Å²) in [6.45, 7) is 9.40. The van der Waals surface area contributed by atoms with Crippen LogP contribution in [0.4, 0.5) is 0 Å². The Bertz CT molecular complexity index is 1620. The van der Waals surface area contributed by atoms with E-state index in [1.54, 1.807) is 72.1 Å². The van der Waals surface area contributed by atoms with Crippen molar-refractivity contribution in [1.82, 2.24) is 0 Å². The molecule has 0 atom stereocenters. The van der Waals surface area contributed by atoms with E-state index in [1.165, 1.54) is 83.9 Å². The second kappa shape index (κ2) is 71.2. The summed E-state index contributed by atoms with van der Waals surface area (Å²) in [5, 5.41) is 8.43. The van der Waals surface area contributed by atoms with E-state index < -0.39 is 20.2 Å². The van der Waals surface area contributed by atoms with Crippen molar-refractivity contribution < 1.29 is 198 Å². The summed E-state index contributed by atoms with van der Waals surface area (Å²) in [6.07, 6.45) is 14.4. The van der Waals surface area contributed by atoms with E-state index in [9.17, 15) is 16.8 Å². The minimum Gasteiger partial charge on any atom is -1.00 e. The summed E-state index contributed by atoms with van der Waals surface area (Å²) in [6, 6.07) is 13.2. The van der Waals surface area contributed by atoms with E-state index in [-0.39, 0.29) is 169 Å². The molecule has 0 aliphatic rings. The predicted molar refractivity (Wildman–Crippen MR) is 345 cm³/mol. The molecule has 0 heterocycles. The van der Waals surface area contributed by atoms with E-state index in [4.69, 9.17) is 37.4 Å². The number of thioether (sulfide) groups is 9. The third-order valence-corrected chi connectivity index (χ3v) is 20.7. The third-order valence-electron chi connectivity index (χ3n) is 9.17. The van der Waals surface area contributed by atoms with E-state index in [0.717, 1.165) is 77.8 Å². The minimum atomic E-state index is -3.69. The Morgan fingerprint density at radius 2 is 0.679 bits per heavy atom. The molecule has 27 heteroatoms. The van der Waals surface area contributed by atoms with Crippen molar-refractivity contribution in [2.75, 3.05) is 177 Å². The number of carbonyl (C=O) groups is 1. The Kier molecular flexibility index (Phi) is 81.8. The van der Waals surface area contributed by atoms with Gasteiger partial charge in [-0.2, -0.15) is 135 Å². The Morgan fingerprint density at radius 3 is 0.936 bits per heavy atom. The van der Waals surface area contributed by atoms with E-state index in [1.807, 2.05) is 72.7 Å². The number of rotatable bonds is 50. The molecule has 13 nitrogen and oxygen atoms in total. The maximum absolute atomic E-state index is 12.1. The van der Waals surface area contributed by atoms with Crippen molar-refractivity contribution in [3.8, 4) is 0 Å². The summed E-state index contributed by atoms with van der Waals surface area (Å²) in [5.41, 5.74) is 2.00. The standard InChI is InChI=1S/C26H38O8S4.C20H42O2S6.C4H10S2.CH2O3.2Cs.H/c1-23-5-9-25(10-6-23)37(27,28)33-13-3-19-35-21-17-31-15-16-32-18-22-36-20-4-14-34-38(29,30)26-11-7-24(2)8-12-26;1-23-11-3-13-25-15-5-17-27-19-9-21-7-8-22-10-20-28-18-6-16-26-14-4-12-24-2;1-6-4-2-3-5;2-1-4-3;;;/h5-12H,3-4,13-22H2,1-2H3;3-20H2,1-2H3;5H,2-4H2,1H3;1,3H;;;/q;;;;2*+1;-1/p-1. The molecule has 0 saturated heterocycles. The first kappa shape index (κ1) is 89.6. The first-order valence-corrected chi connectivity index (χ1v) is 40.0. The van der Waals surface area contributed by atoms with Gasteiger partial charge in [-0.1, -0.05) is 35.4 Å². The van der Waals surface area contributed by atoms with Gasteiger partial charge in [-0.05, 0) is 171 Å². The number of hydrogen-bond donors (Lipinski definition) is 1. The normalized spacial score (nSPS) is 11.0. The Balaban J connectivity index is -0.000000392. The SMILES string of the molecule is CSCCCS.CSCCCSCCCSCCOCCOCCSCCCSCCCSC.Cc1ccc(S(=O)(=O)OCCCSCCOCCOCCSCCCOS(=O)(=O)c2ccc(C)cc2)cc1.O=CO[O-].[Cs+].[Cs+].[H-]. The zero-order chi connectivity index (χ0) is 56.3. The number of hydrogen-bond acceptors (Lipinski definition) is 23. The largest absolute Gasteiger partial charge is 1.00 e. The molecule has 2 aromatic carbocycles. The van der Waals surface area contributed by atoms with Crippen molar-refractivity contribution in [2.24, 2.45) is 0 Å². The molecule has 0 saturated carbocycles. The molecule has 0 aromatic heterocycles. The van der Waals surface area contributed by atoms with Gasteiger partial charge in [0.1, 0.15) is 0 Å². The topological polar surface area (TPSA) is 173 Å². The maximum atomic E-state index is 12.1. The monoisotopic (exact) mass is 1560 g/mol. The number of thiol groups is 1. The molecule has 448 valence electrons. The fraction of sp³-hybridized carbons (Fsp3) is 0.745. The zero-order valence-corrected chi connectivity index (χ0v) is 70.2. The van der Waals surface area contributed by atoms with E-state index in [0.29, 0.717) is 39.3 Å². The van der Waals surface area contributed by atoms with Gasteiger partial charge in [-0.15, -0.1) is 0 Å². The van der Waals surface area contributed by atoms with E-state index >= 15 is 0 Å². The Hall–Kier alpha value is 5.13. The first-order chi connectivity index (χ1) is 36.9. The van der Waals surface area contributed by atoms with Crippen molar-refractivity contribution in [1.29, 1.82) is 0 Å². The molecule has 0 radical (unpaired) electrons. The smallest absolute Gasteiger partial charge is 1.00 e. The molecule has 78 heavy (non-hydrogen) atoms. The van der Waals surface area contributed by atoms with Gasteiger partial charge >= 0.3 is 138 Å². The summed E-state index contributed by atoms with van der Waals surface area (Å²) >= 11 is 21.5. The molecule has 0 fully saturated rings. The summed E-state index contributed by atoms with van der Waals surface area (Å²) in [7, 11) is -7.38. The quantitative estimate of drug-likeness (QED) is 0.0230. The van der Waals surface area contributed by atoms with Crippen LogP contribution in [0, 0.1) is 13.8 Å². The molecule has 0 unspecified atom stereocenters. The average molecular weight is 1560 g/mol. The van der Waals surface area contributed by atoms with Gasteiger partial charge in [0.05, 0.1) is 75.9 Å². The van der Waals surface area contributed by atoms with Crippen LogP contribution in [0.25, 0.3) is 0 Å². The molecular formula is C51H92Cs2O13S12. The molecule has 0 N–H and O–H groups in total. The molecule has 0 amide bonds. The minimum absolute atomic E-state index is 0. The molecule has 0 spiro atoms. The average Bonchev–Trinajstić information content (AvgIpc) is 3.42. The van der Waals surface area contributed by atoms with Crippen molar-refractivity contribution in [3.05, 3.63) is 59.7 Å². The fourth-order valence-corrected chi connectivity index (χ4v) is 14.5. The maximum Gasteiger partial charge on any atom is 1.00 e. The van der Waals surface area contributed by atoms with Gasteiger partial charge in [-0.3, -0.25) is 13.2 Å². The molecule has 0 aliphatic carbocycles. The molecule has 0 bridgehead atoms. The van der Waals surface area contributed by atoms with Crippen molar-refractivity contribution >= 4 is 145 Å². The van der Waals surface area contributed by atoms with Gasteiger partial charge in [-0.25, -0.2) is 0 Å². The first-order valence-electron chi connectivity index (χ1n) is 25.4. The van der Waals surface area contributed by atoms with E-state index in [2.05, 4.69) is 59.8 Å². The zero-order valence-electron chi connectivity index (χ0n) is 48.8. The van der Waals surface area contributed by atoms with Gasteiger partial charge in [0.15, 0.2) is 0 Å². The van der Waals surface area contributed by atoms with Crippen LogP contribution in [0.2, 0.25) is 0 Å². The van der Waals surface area contributed by atoms with Crippen LogP contribution in [-0.2, 0) is 57.2 Å². The van der Waals surface area contributed by atoms with Crippen LogP contribution in [0.3, 0.4) is 0 Å². The predicted octanol–water partition coefficient (Wildman–Crippen LogP) is 5.16. The van der Waals surface area contributed by atoms with Crippen LogP contribution in [0.15, 0.2) is 58.3 Å². The Morgan fingerprint density at radius 1 is 0.423 bits per heavy atom. The fourth-order valence-electron chi connectivity index (χ4n) is 5.28. The van der Waals surface area contributed by atoms with Crippen LogP contribution >= 0.6 is 118 Å². The Labute approximate surface area is 636 Å². The molecule has 2 aromatic rings.